The molecule has 0 aliphatic carbocycles. The lowest BCUT2D eigenvalue weighted by molar-refractivity contribution is -0.127. The highest BCUT2D eigenvalue weighted by Gasteiger charge is 2.36. The molecule has 230 valence electrons. The fourth-order valence-electron chi connectivity index (χ4n) is 5.43. The number of rotatable bonds is 12. The van der Waals surface area contributed by atoms with E-state index in [-0.39, 0.29) is 36.2 Å². The summed E-state index contributed by atoms with van der Waals surface area (Å²) < 4.78 is 23.9. The number of nitrogens with one attached hydrogen (secondary N) is 1. The Balaban J connectivity index is 1.67. The standard InChI is InChI=1S/C32H35N5O7/c1-20(38)23-11-5-7-13-25(23)37(29(39)19-36-26-14-8-6-12-24(26)34-35-36)30(32(40)33-18-22-10-9-15-44-22)21-16-27(41-2)31(43-4)28(17-21)42-3/h5-8,11-14,16-17,22,30H,9-10,15,18-19H2,1-4H3,(H,33,40)/t22-,30-/m1/s1. The van der Waals surface area contributed by atoms with E-state index >= 15 is 0 Å². The zero-order valence-corrected chi connectivity index (χ0v) is 25.1. The van der Waals surface area contributed by atoms with E-state index in [1.165, 1.54) is 37.8 Å². The Bertz CT molecular complexity index is 1640. The molecule has 2 heterocycles. The van der Waals surface area contributed by atoms with Gasteiger partial charge in [0, 0.05) is 18.7 Å². The van der Waals surface area contributed by atoms with Crippen molar-refractivity contribution in [2.75, 3.05) is 39.4 Å². The molecule has 12 heteroatoms. The zero-order chi connectivity index (χ0) is 31.2. The van der Waals surface area contributed by atoms with Crippen LogP contribution in [0.1, 0.15) is 41.7 Å². The number of para-hydroxylation sites is 2. The first-order valence-electron chi connectivity index (χ1n) is 14.3. The van der Waals surface area contributed by atoms with Crippen LogP contribution in [0.25, 0.3) is 11.0 Å². The fraction of sp³-hybridized carbons (Fsp3) is 0.344. The molecule has 1 aliphatic rings. The average molecular weight is 602 g/mol. The number of fused-ring (bicyclic) bond motifs is 1. The first-order valence-corrected chi connectivity index (χ1v) is 14.3. The summed E-state index contributed by atoms with van der Waals surface area (Å²) >= 11 is 0. The number of anilines is 1. The molecule has 1 aromatic heterocycles. The van der Waals surface area contributed by atoms with E-state index in [1.807, 2.05) is 18.2 Å². The van der Waals surface area contributed by atoms with Crippen LogP contribution < -0.4 is 24.4 Å². The van der Waals surface area contributed by atoms with Crippen LogP contribution in [0.5, 0.6) is 17.2 Å². The lowest BCUT2D eigenvalue weighted by atomic mass is 9.99. The van der Waals surface area contributed by atoms with Crippen LogP contribution >= 0.6 is 0 Å². The summed E-state index contributed by atoms with van der Waals surface area (Å²) in [7, 11) is 4.42. The number of nitrogens with zero attached hydrogens (tertiary/aromatic N) is 4. The smallest absolute Gasteiger partial charge is 0.249 e. The minimum atomic E-state index is -1.26. The molecule has 1 aliphatic heterocycles. The number of ether oxygens (including phenoxy) is 4. The third-order valence-electron chi connectivity index (χ3n) is 7.55. The van der Waals surface area contributed by atoms with Crippen LogP contribution in [-0.4, -0.2) is 73.2 Å². The molecule has 2 amide bonds. The van der Waals surface area contributed by atoms with Gasteiger partial charge in [0.25, 0.3) is 0 Å². The zero-order valence-electron chi connectivity index (χ0n) is 25.1. The molecule has 0 saturated carbocycles. The van der Waals surface area contributed by atoms with Crippen LogP contribution in [0.4, 0.5) is 5.69 Å². The Hall–Kier alpha value is -4.97. The second-order valence-electron chi connectivity index (χ2n) is 10.3. The first-order chi connectivity index (χ1) is 21.4. The van der Waals surface area contributed by atoms with E-state index in [4.69, 9.17) is 18.9 Å². The third kappa shape index (κ3) is 6.20. The predicted molar refractivity (Wildman–Crippen MR) is 162 cm³/mol. The number of hydrogen-bond acceptors (Lipinski definition) is 9. The molecule has 4 aromatic rings. The van der Waals surface area contributed by atoms with Crippen molar-refractivity contribution in [3.63, 3.8) is 0 Å². The fourth-order valence-corrected chi connectivity index (χ4v) is 5.43. The minimum Gasteiger partial charge on any atom is -0.493 e. The summed E-state index contributed by atoms with van der Waals surface area (Å²) in [4.78, 5) is 42.9. The van der Waals surface area contributed by atoms with Crippen LogP contribution in [0.15, 0.2) is 60.7 Å². The van der Waals surface area contributed by atoms with E-state index in [1.54, 1.807) is 42.5 Å². The van der Waals surface area contributed by atoms with Crippen molar-refractivity contribution in [2.45, 2.75) is 38.5 Å². The number of aromatic nitrogens is 3. The van der Waals surface area contributed by atoms with Crippen molar-refractivity contribution >= 4 is 34.3 Å². The summed E-state index contributed by atoms with van der Waals surface area (Å²) in [5.74, 6) is -0.326. The number of ketones is 1. The molecule has 1 saturated heterocycles. The number of hydrogen-bond donors (Lipinski definition) is 1. The molecule has 5 rings (SSSR count). The molecule has 0 spiro atoms. The maximum atomic E-state index is 14.5. The predicted octanol–water partition coefficient (Wildman–Crippen LogP) is 3.73. The number of benzene rings is 3. The number of carbonyl (C=O) groups is 3. The summed E-state index contributed by atoms with van der Waals surface area (Å²) in [6.45, 7) is 2.04. The van der Waals surface area contributed by atoms with Gasteiger partial charge in [-0.05, 0) is 61.7 Å². The Morgan fingerprint density at radius 3 is 2.39 bits per heavy atom. The minimum absolute atomic E-state index is 0.144. The highest BCUT2D eigenvalue weighted by Crippen LogP contribution is 2.42. The monoisotopic (exact) mass is 601 g/mol. The third-order valence-corrected chi connectivity index (χ3v) is 7.55. The van der Waals surface area contributed by atoms with Gasteiger partial charge in [0.15, 0.2) is 17.3 Å². The van der Waals surface area contributed by atoms with Gasteiger partial charge in [-0.25, -0.2) is 4.68 Å². The van der Waals surface area contributed by atoms with E-state index in [0.29, 0.717) is 40.5 Å². The second kappa shape index (κ2) is 13.6. The SMILES string of the molecule is COc1cc([C@H](C(=O)NC[C@H]2CCCO2)N(C(=O)Cn2nnc3ccccc32)c2ccccc2C(C)=O)cc(OC)c1OC. The topological polar surface area (TPSA) is 134 Å². The molecule has 2 atom stereocenters. The van der Waals surface area contributed by atoms with Gasteiger partial charge >= 0.3 is 0 Å². The van der Waals surface area contributed by atoms with Crippen molar-refractivity contribution in [3.8, 4) is 17.2 Å². The molecule has 0 radical (unpaired) electrons. The highest BCUT2D eigenvalue weighted by molar-refractivity contribution is 6.08. The molecule has 0 bridgehead atoms. The molecular weight excluding hydrogens is 566 g/mol. The lowest BCUT2D eigenvalue weighted by Crippen LogP contribution is -2.47. The largest absolute Gasteiger partial charge is 0.493 e. The van der Waals surface area contributed by atoms with Crippen LogP contribution in [-0.2, 0) is 20.9 Å². The maximum absolute atomic E-state index is 14.5. The Kier molecular flexibility index (Phi) is 9.39. The van der Waals surface area contributed by atoms with Gasteiger partial charge < -0.3 is 24.3 Å². The molecule has 12 nitrogen and oxygen atoms in total. The van der Waals surface area contributed by atoms with Crippen LogP contribution in [0, 0.1) is 0 Å². The number of amides is 2. The van der Waals surface area contributed by atoms with Gasteiger partial charge in [0.2, 0.25) is 17.6 Å². The van der Waals surface area contributed by atoms with Crippen molar-refractivity contribution < 1.29 is 33.3 Å². The first kappa shape index (κ1) is 30.5. The van der Waals surface area contributed by atoms with Crippen molar-refractivity contribution in [1.29, 1.82) is 0 Å². The highest BCUT2D eigenvalue weighted by atomic mass is 16.5. The Labute approximate surface area is 254 Å². The maximum Gasteiger partial charge on any atom is 0.249 e. The molecule has 3 aromatic carbocycles. The summed E-state index contributed by atoms with van der Waals surface area (Å²) in [5.41, 5.74) is 2.17. The van der Waals surface area contributed by atoms with Gasteiger partial charge in [-0.2, -0.15) is 0 Å². The van der Waals surface area contributed by atoms with E-state index < -0.39 is 17.9 Å². The molecule has 44 heavy (non-hydrogen) atoms. The molecular formula is C32H35N5O7. The van der Waals surface area contributed by atoms with Gasteiger partial charge in [0.1, 0.15) is 18.1 Å². The number of methoxy groups -OCH3 is 3. The average Bonchev–Trinajstić information content (AvgIpc) is 3.72. The number of carbonyl (C=O) groups excluding carboxylic acids is 3. The second-order valence-corrected chi connectivity index (χ2v) is 10.3. The normalized spacial score (nSPS) is 15.0. The van der Waals surface area contributed by atoms with E-state index in [0.717, 1.165) is 12.8 Å². The molecule has 1 fully saturated rings. The van der Waals surface area contributed by atoms with Gasteiger partial charge in [0.05, 0.1) is 38.6 Å². The number of Topliss-reactive ketones (excluding diaryl/α,β-unsaturated/α-hetero) is 1. The van der Waals surface area contributed by atoms with Crippen LogP contribution in [0.3, 0.4) is 0 Å². The lowest BCUT2D eigenvalue weighted by Gasteiger charge is -2.33. The Morgan fingerprint density at radius 1 is 1.02 bits per heavy atom. The van der Waals surface area contributed by atoms with E-state index in [2.05, 4.69) is 15.6 Å². The summed E-state index contributed by atoms with van der Waals surface area (Å²) in [6.07, 6.45) is 1.57. The van der Waals surface area contributed by atoms with E-state index in [9.17, 15) is 14.4 Å². The van der Waals surface area contributed by atoms with Crippen molar-refractivity contribution in [2.24, 2.45) is 0 Å². The quantitative estimate of drug-likeness (QED) is 0.241. The van der Waals surface area contributed by atoms with Crippen molar-refractivity contribution in [3.05, 3.63) is 71.8 Å². The Morgan fingerprint density at radius 2 is 1.73 bits per heavy atom. The van der Waals surface area contributed by atoms with Crippen molar-refractivity contribution in [1.82, 2.24) is 20.3 Å². The van der Waals surface area contributed by atoms with Gasteiger partial charge in [-0.1, -0.05) is 29.5 Å². The molecule has 1 N–H and O–H groups in total. The van der Waals surface area contributed by atoms with Gasteiger partial charge in [-0.15, -0.1) is 5.10 Å². The van der Waals surface area contributed by atoms with Crippen LogP contribution in [0.2, 0.25) is 0 Å². The molecule has 0 unspecified atom stereocenters. The van der Waals surface area contributed by atoms with Gasteiger partial charge in [-0.3, -0.25) is 19.3 Å². The summed E-state index contributed by atoms with van der Waals surface area (Å²) in [6, 6.07) is 15.9. The summed E-state index contributed by atoms with van der Waals surface area (Å²) in [5, 5.41) is 11.3.